The summed E-state index contributed by atoms with van der Waals surface area (Å²) >= 11 is 1.09. The van der Waals surface area contributed by atoms with Gasteiger partial charge in [-0.15, -0.1) is 0 Å². The van der Waals surface area contributed by atoms with Crippen molar-refractivity contribution in [2.24, 2.45) is 0 Å². The summed E-state index contributed by atoms with van der Waals surface area (Å²) in [6.07, 6.45) is 0. The molecular weight excluding hydrogens is 274 g/mol. The van der Waals surface area contributed by atoms with Gasteiger partial charge in [0, 0.05) is 10.5 Å². The molecule has 0 unspecified atom stereocenters. The minimum Gasteiger partial charge on any atom is -0.479 e. The van der Waals surface area contributed by atoms with Gasteiger partial charge in [0.2, 0.25) is 0 Å². The fourth-order valence-electron chi connectivity index (χ4n) is 1.57. The molecule has 0 aromatic heterocycles. The quantitative estimate of drug-likeness (QED) is 0.655. The summed E-state index contributed by atoms with van der Waals surface area (Å²) in [5.41, 5.74) is 0.437. The lowest BCUT2D eigenvalue weighted by Crippen LogP contribution is -2.38. The zero-order valence-electron chi connectivity index (χ0n) is 10.5. The average Bonchev–Trinajstić information content (AvgIpc) is 2.48. The molecule has 2 aromatic carbocycles. The zero-order chi connectivity index (χ0) is 14.4. The van der Waals surface area contributed by atoms with Crippen LogP contribution in [0.5, 0.6) is 0 Å². The second-order valence-electron chi connectivity index (χ2n) is 3.99. The molecule has 1 amide bonds. The van der Waals surface area contributed by atoms with Crippen molar-refractivity contribution in [1.29, 1.82) is 0 Å². The minimum atomic E-state index is -1.08. The first-order chi connectivity index (χ1) is 9.66. The number of hydrogen-bond acceptors (Lipinski definition) is 3. The van der Waals surface area contributed by atoms with Crippen LogP contribution in [0.4, 0.5) is 0 Å². The lowest BCUT2D eigenvalue weighted by molar-refractivity contribution is -0.136. The number of carbonyl (C=O) groups excluding carboxylic acids is 1. The Hall–Kier alpha value is -2.27. The van der Waals surface area contributed by atoms with E-state index in [1.54, 1.807) is 42.5 Å². The van der Waals surface area contributed by atoms with Crippen LogP contribution >= 0.6 is 11.8 Å². The molecule has 0 aliphatic heterocycles. The summed E-state index contributed by atoms with van der Waals surface area (Å²) in [7, 11) is 0. The number of rotatable bonds is 5. The average molecular weight is 287 g/mol. The van der Waals surface area contributed by atoms with Gasteiger partial charge in [0.1, 0.15) is 0 Å². The normalized spacial score (nSPS) is 11.6. The maximum atomic E-state index is 12.0. The number of thioether (sulfide) groups is 1. The lowest BCUT2D eigenvalue weighted by Gasteiger charge is -2.14. The van der Waals surface area contributed by atoms with Crippen LogP contribution in [0.15, 0.2) is 65.6 Å². The first kappa shape index (κ1) is 14.1. The molecule has 4 nitrogen and oxygen atoms in total. The molecule has 0 bridgehead atoms. The highest BCUT2D eigenvalue weighted by atomic mass is 32.2. The summed E-state index contributed by atoms with van der Waals surface area (Å²) < 4.78 is 0. The van der Waals surface area contributed by atoms with Gasteiger partial charge < -0.3 is 10.4 Å². The third-order valence-corrected chi connectivity index (χ3v) is 3.62. The van der Waals surface area contributed by atoms with Crippen molar-refractivity contribution >= 4 is 23.6 Å². The standard InChI is InChI=1S/C15H13NO3S/c17-13(11-7-3-1-4-8-11)16-14(15(18)19)20-12-9-5-2-6-10-12/h1-10,14H,(H,16,17)(H,18,19)/t14-/m0/s1. The maximum Gasteiger partial charge on any atom is 0.337 e. The summed E-state index contributed by atoms with van der Waals surface area (Å²) in [5.74, 6) is -1.48. The molecule has 102 valence electrons. The third-order valence-electron chi connectivity index (χ3n) is 2.52. The first-order valence-electron chi connectivity index (χ1n) is 5.97. The predicted octanol–water partition coefficient (Wildman–Crippen LogP) is 2.62. The van der Waals surface area contributed by atoms with Crippen LogP contribution in [0, 0.1) is 0 Å². The molecule has 0 aliphatic rings. The van der Waals surface area contributed by atoms with Gasteiger partial charge in [-0.1, -0.05) is 48.2 Å². The van der Waals surface area contributed by atoms with Crippen LogP contribution in [-0.2, 0) is 4.79 Å². The number of carbonyl (C=O) groups is 2. The van der Waals surface area contributed by atoms with Crippen LogP contribution in [-0.4, -0.2) is 22.4 Å². The van der Waals surface area contributed by atoms with E-state index in [1.807, 2.05) is 18.2 Å². The molecule has 20 heavy (non-hydrogen) atoms. The van der Waals surface area contributed by atoms with E-state index in [0.717, 1.165) is 16.7 Å². The SMILES string of the molecule is O=C(N[C@@H](Sc1ccccc1)C(=O)O)c1ccccc1. The first-order valence-corrected chi connectivity index (χ1v) is 6.85. The molecule has 0 aliphatic carbocycles. The van der Waals surface area contributed by atoms with Gasteiger partial charge in [-0.3, -0.25) is 4.79 Å². The Kier molecular flexibility index (Phi) is 4.79. The molecule has 2 N–H and O–H groups in total. The fourth-order valence-corrected chi connectivity index (χ4v) is 2.42. The number of amides is 1. The van der Waals surface area contributed by atoms with Gasteiger partial charge >= 0.3 is 5.97 Å². The van der Waals surface area contributed by atoms with Crippen molar-refractivity contribution in [3.8, 4) is 0 Å². The van der Waals surface area contributed by atoms with E-state index in [4.69, 9.17) is 0 Å². The van der Waals surface area contributed by atoms with E-state index in [0.29, 0.717) is 5.56 Å². The van der Waals surface area contributed by atoms with Crippen molar-refractivity contribution in [1.82, 2.24) is 5.32 Å². The van der Waals surface area contributed by atoms with E-state index in [1.165, 1.54) is 0 Å². The van der Waals surface area contributed by atoms with Crippen LogP contribution in [0.1, 0.15) is 10.4 Å². The fraction of sp³-hybridized carbons (Fsp3) is 0.0667. The Morgan fingerprint density at radius 2 is 1.50 bits per heavy atom. The number of carboxylic acid groups (broad SMARTS) is 1. The summed E-state index contributed by atoms with van der Waals surface area (Å²) in [6.45, 7) is 0. The van der Waals surface area contributed by atoms with Crippen LogP contribution in [0.2, 0.25) is 0 Å². The third kappa shape index (κ3) is 3.86. The molecule has 0 saturated carbocycles. The van der Waals surface area contributed by atoms with Gasteiger partial charge in [-0.05, 0) is 24.3 Å². The molecule has 0 spiro atoms. The van der Waals surface area contributed by atoms with Crippen molar-refractivity contribution in [3.63, 3.8) is 0 Å². The van der Waals surface area contributed by atoms with Crippen LogP contribution < -0.4 is 5.32 Å². The molecule has 0 saturated heterocycles. The Balaban J connectivity index is 2.07. The molecule has 1 atom stereocenters. The minimum absolute atomic E-state index is 0.401. The number of benzene rings is 2. The molecule has 0 radical (unpaired) electrons. The van der Waals surface area contributed by atoms with Gasteiger partial charge in [0.15, 0.2) is 5.37 Å². The van der Waals surface area contributed by atoms with Crippen LogP contribution in [0.3, 0.4) is 0 Å². The Morgan fingerprint density at radius 1 is 0.950 bits per heavy atom. The Labute approximate surface area is 120 Å². The van der Waals surface area contributed by atoms with Crippen molar-refractivity contribution < 1.29 is 14.7 Å². The predicted molar refractivity (Wildman–Crippen MR) is 77.6 cm³/mol. The second-order valence-corrected chi connectivity index (χ2v) is 5.17. The molecular formula is C15H13NO3S. The zero-order valence-corrected chi connectivity index (χ0v) is 11.3. The molecule has 2 aromatic rings. The molecule has 0 fully saturated rings. The maximum absolute atomic E-state index is 12.0. The lowest BCUT2D eigenvalue weighted by atomic mass is 10.2. The largest absolute Gasteiger partial charge is 0.479 e. The topological polar surface area (TPSA) is 66.4 Å². The number of carboxylic acids is 1. The van der Waals surface area contributed by atoms with E-state index < -0.39 is 17.3 Å². The van der Waals surface area contributed by atoms with Crippen molar-refractivity contribution in [2.45, 2.75) is 10.3 Å². The summed E-state index contributed by atoms with van der Waals surface area (Å²) in [5, 5.41) is 10.7. The summed E-state index contributed by atoms with van der Waals surface area (Å²) in [4.78, 5) is 24.0. The number of aliphatic carboxylic acids is 1. The van der Waals surface area contributed by atoms with E-state index in [2.05, 4.69) is 5.32 Å². The van der Waals surface area contributed by atoms with E-state index in [9.17, 15) is 14.7 Å². The monoisotopic (exact) mass is 287 g/mol. The van der Waals surface area contributed by atoms with Gasteiger partial charge in [0.05, 0.1) is 0 Å². The molecule has 0 heterocycles. The highest BCUT2D eigenvalue weighted by molar-refractivity contribution is 8.00. The smallest absolute Gasteiger partial charge is 0.337 e. The highest BCUT2D eigenvalue weighted by Gasteiger charge is 2.21. The van der Waals surface area contributed by atoms with Crippen LogP contribution in [0.25, 0.3) is 0 Å². The Bertz CT molecular complexity index is 587. The number of nitrogens with one attached hydrogen (secondary N) is 1. The summed E-state index contributed by atoms with van der Waals surface area (Å²) in [6, 6.07) is 17.6. The van der Waals surface area contributed by atoms with Gasteiger partial charge in [-0.2, -0.15) is 0 Å². The molecule has 5 heteroatoms. The van der Waals surface area contributed by atoms with E-state index in [-0.39, 0.29) is 0 Å². The molecule has 2 rings (SSSR count). The van der Waals surface area contributed by atoms with Gasteiger partial charge in [-0.25, -0.2) is 4.79 Å². The van der Waals surface area contributed by atoms with Gasteiger partial charge in [0.25, 0.3) is 5.91 Å². The van der Waals surface area contributed by atoms with Crippen molar-refractivity contribution in [2.75, 3.05) is 0 Å². The number of hydrogen-bond donors (Lipinski definition) is 2. The van der Waals surface area contributed by atoms with Crippen molar-refractivity contribution in [3.05, 3.63) is 66.2 Å². The van der Waals surface area contributed by atoms with E-state index >= 15 is 0 Å². The highest BCUT2D eigenvalue weighted by Crippen LogP contribution is 2.21. The second kappa shape index (κ2) is 6.77. The Morgan fingerprint density at radius 3 is 2.05 bits per heavy atom.